The van der Waals surface area contributed by atoms with Gasteiger partial charge in [0.15, 0.2) is 0 Å². The number of thiophene rings is 4. The molecule has 4 heteroatoms. The van der Waals surface area contributed by atoms with Crippen molar-refractivity contribution in [1.29, 1.82) is 0 Å². The highest BCUT2D eigenvalue weighted by Crippen LogP contribution is 2.38. The molecule has 4 aromatic rings. The Balaban J connectivity index is 1.17. The summed E-state index contributed by atoms with van der Waals surface area (Å²) >= 11 is 7.71. The normalized spacial score (nSPS) is 11.8. The molecule has 0 bridgehead atoms. The number of rotatable bonds is 26. The molecule has 0 atom stereocenters. The number of hydrogen-bond donors (Lipinski definition) is 0. The highest BCUT2D eigenvalue weighted by atomic mass is 32.1. The molecule has 4 heterocycles. The van der Waals surface area contributed by atoms with Gasteiger partial charge in [-0.3, -0.25) is 0 Å². The van der Waals surface area contributed by atoms with Gasteiger partial charge < -0.3 is 0 Å². The van der Waals surface area contributed by atoms with Crippen molar-refractivity contribution in [1.82, 2.24) is 0 Å². The zero-order valence-corrected chi connectivity index (χ0v) is 32.2. The summed E-state index contributed by atoms with van der Waals surface area (Å²) < 4.78 is 0. The SMILES string of the molecule is CCCCCCCCCCCCc1ccsc1-c1ccc(/C=C/c2ccc(-c3sccc3CCCCCCCCCCCC)s2)s1. The van der Waals surface area contributed by atoms with Crippen LogP contribution in [0, 0.1) is 0 Å². The quantitative estimate of drug-likeness (QED) is 0.0575. The van der Waals surface area contributed by atoms with Gasteiger partial charge in [-0.05, 0) is 96.1 Å². The van der Waals surface area contributed by atoms with E-state index in [2.05, 4.69) is 73.2 Å². The highest BCUT2D eigenvalue weighted by Gasteiger charge is 2.11. The average molecular weight is 693 g/mol. The third-order valence-electron chi connectivity index (χ3n) is 9.21. The third kappa shape index (κ3) is 13.6. The lowest BCUT2D eigenvalue weighted by Gasteiger charge is -2.04. The van der Waals surface area contributed by atoms with Crippen molar-refractivity contribution in [2.24, 2.45) is 0 Å². The Morgan fingerprint density at radius 1 is 0.413 bits per heavy atom. The molecule has 0 saturated carbocycles. The summed E-state index contributed by atoms with van der Waals surface area (Å²) in [4.78, 5) is 8.54. The van der Waals surface area contributed by atoms with E-state index < -0.39 is 0 Å². The van der Waals surface area contributed by atoms with E-state index in [1.54, 1.807) is 11.1 Å². The minimum absolute atomic E-state index is 1.22. The van der Waals surface area contributed by atoms with Gasteiger partial charge in [-0.15, -0.1) is 45.3 Å². The fourth-order valence-corrected chi connectivity index (χ4v) is 10.5. The molecule has 0 saturated heterocycles. The molecular formula is C42H60S4. The highest BCUT2D eigenvalue weighted by molar-refractivity contribution is 7.22. The van der Waals surface area contributed by atoms with Crippen molar-refractivity contribution in [3.8, 4) is 19.5 Å². The lowest BCUT2D eigenvalue weighted by Crippen LogP contribution is -1.86. The topological polar surface area (TPSA) is 0 Å². The van der Waals surface area contributed by atoms with Crippen LogP contribution in [0.3, 0.4) is 0 Å². The smallest absolute Gasteiger partial charge is 0.0474 e. The number of aryl methyl sites for hydroxylation is 2. The van der Waals surface area contributed by atoms with Crippen molar-refractivity contribution in [3.63, 3.8) is 0 Å². The monoisotopic (exact) mass is 692 g/mol. The molecule has 0 aliphatic carbocycles. The second-order valence-corrected chi connectivity index (χ2v) is 17.2. The second kappa shape index (κ2) is 23.0. The molecule has 0 N–H and O–H groups in total. The lowest BCUT2D eigenvalue weighted by molar-refractivity contribution is 0.556. The molecule has 0 amide bonds. The van der Waals surface area contributed by atoms with Gasteiger partial charge in [0.2, 0.25) is 0 Å². The molecule has 4 aromatic heterocycles. The minimum atomic E-state index is 1.22. The summed E-state index contributed by atoms with van der Waals surface area (Å²) in [6.45, 7) is 4.60. The summed E-state index contributed by atoms with van der Waals surface area (Å²) in [5.41, 5.74) is 3.10. The first-order valence-electron chi connectivity index (χ1n) is 18.8. The van der Waals surface area contributed by atoms with E-state index in [-0.39, 0.29) is 0 Å². The molecule has 0 aliphatic heterocycles. The first kappa shape index (κ1) is 37.4. The molecule has 0 aliphatic rings. The average Bonchev–Trinajstić information content (AvgIpc) is 3.89. The summed E-state index contributed by atoms with van der Waals surface area (Å²) in [6.07, 6.45) is 35.1. The zero-order valence-electron chi connectivity index (χ0n) is 29.0. The Labute approximate surface area is 298 Å². The predicted octanol–water partition coefficient (Wildman–Crippen LogP) is 16.4. The molecule has 0 radical (unpaired) electrons. The van der Waals surface area contributed by atoms with E-state index in [9.17, 15) is 0 Å². The van der Waals surface area contributed by atoms with Gasteiger partial charge in [-0.2, -0.15) is 0 Å². The van der Waals surface area contributed by atoms with Crippen LogP contribution in [-0.4, -0.2) is 0 Å². The largest absolute Gasteiger partial charge is 0.143 e. The van der Waals surface area contributed by atoms with Crippen molar-refractivity contribution in [2.75, 3.05) is 0 Å². The maximum Gasteiger partial charge on any atom is 0.0474 e. The predicted molar refractivity (Wildman–Crippen MR) is 215 cm³/mol. The first-order valence-corrected chi connectivity index (χ1v) is 22.2. The summed E-state index contributed by atoms with van der Waals surface area (Å²) in [5.74, 6) is 0. The standard InChI is InChI=1S/C42H60S4/c1-3-5-7-9-11-13-15-17-19-21-23-35-31-33-43-41(35)39-29-27-37(45-39)25-26-38-28-30-40(46-38)42-36(32-34-44-42)24-22-20-18-16-14-12-10-8-6-4-2/h25-34H,3-24H2,1-2H3/b26-25+. The Kier molecular flexibility index (Phi) is 18.7. The Bertz CT molecular complexity index is 1240. The Morgan fingerprint density at radius 2 is 0.761 bits per heavy atom. The molecule has 46 heavy (non-hydrogen) atoms. The van der Waals surface area contributed by atoms with E-state index in [0.29, 0.717) is 0 Å². The van der Waals surface area contributed by atoms with Crippen LogP contribution in [-0.2, 0) is 12.8 Å². The maximum atomic E-state index is 2.37. The molecule has 252 valence electrons. The van der Waals surface area contributed by atoms with E-state index >= 15 is 0 Å². The van der Waals surface area contributed by atoms with Crippen LogP contribution in [0.5, 0.6) is 0 Å². The molecule has 4 rings (SSSR count). The van der Waals surface area contributed by atoms with Crippen molar-refractivity contribution in [3.05, 3.63) is 68.0 Å². The van der Waals surface area contributed by atoms with Gasteiger partial charge in [-0.25, -0.2) is 0 Å². The van der Waals surface area contributed by atoms with Gasteiger partial charge in [0.25, 0.3) is 0 Å². The zero-order chi connectivity index (χ0) is 32.1. The van der Waals surface area contributed by atoms with Crippen molar-refractivity contribution in [2.45, 2.75) is 155 Å². The fraction of sp³-hybridized carbons (Fsp3) is 0.571. The van der Waals surface area contributed by atoms with Crippen LogP contribution >= 0.6 is 45.3 Å². The van der Waals surface area contributed by atoms with E-state index in [1.165, 1.54) is 171 Å². The minimum Gasteiger partial charge on any atom is -0.143 e. The molecule has 0 fully saturated rings. The maximum absolute atomic E-state index is 2.37. The first-order chi connectivity index (χ1) is 22.8. The van der Waals surface area contributed by atoms with Crippen LogP contribution in [0.15, 0.2) is 47.2 Å². The van der Waals surface area contributed by atoms with Crippen LogP contribution in [0.4, 0.5) is 0 Å². The van der Waals surface area contributed by atoms with Gasteiger partial charge in [-0.1, -0.05) is 129 Å². The molecular weight excluding hydrogens is 633 g/mol. The molecule has 0 unspecified atom stereocenters. The molecule has 0 nitrogen and oxygen atoms in total. The Morgan fingerprint density at radius 3 is 1.13 bits per heavy atom. The van der Waals surface area contributed by atoms with E-state index in [4.69, 9.17) is 0 Å². The molecule has 0 spiro atoms. The number of unbranched alkanes of at least 4 members (excludes halogenated alkanes) is 18. The van der Waals surface area contributed by atoms with Gasteiger partial charge in [0.05, 0.1) is 0 Å². The summed E-state index contributed by atoms with van der Waals surface area (Å²) in [6, 6.07) is 14.0. The van der Waals surface area contributed by atoms with Gasteiger partial charge in [0.1, 0.15) is 0 Å². The fourth-order valence-electron chi connectivity index (χ4n) is 6.40. The van der Waals surface area contributed by atoms with Crippen LogP contribution < -0.4 is 0 Å². The van der Waals surface area contributed by atoms with Gasteiger partial charge in [0, 0.05) is 29.3 Å². The third-order valence-corrected chi connectivity index (χ3v) is 13.6. The van der Waals surface area contributed by atoms with Gasteiger partial charge >= 0.3 is 0 Å². The second-order valence-electron chi connectivity index (χ2n) is 13.2. The van der Waals surface area contributed by atoms with Crippen molar-refractivity contribution < 1.29 is 0 Å². The number of hydrogen-bond acceptors (Lipinski definition) is 4. The van der Waals surface area contributed by atoms with Crippen LogP contribution in [0.1, 0.15) is 163 Å². The van der Waals surface area contributed by atoms with Crippen LogP contribution in [0.2, 0.25) is 0 Å². The Hall–Kier alpha value is -1.46. The molecule has 0 aromatic carbocycles. The van der Waals surface area contributed by atoms with Crippen molar-refractivity contribution >= 4 is 57.5 Å². The summed E-state index contributed by atoms with van der Waals surface area (Å²) in [7, 11) is 0. The van der Waals surface area contributed by atoms with E-state index in [0.717, 1.165) is 0 Å². The van der Waals surface area contributed by atoms with E-state index in [1.807, 2.05) is 45.3 Å². The van der Waals surface area contributed by atoms with Crippen LogP contribution in [0.25, 0.3) is 31.7 Å². The summed E-state index contributed by atoms with van der Waals surface area (Å²) in [5, 5.41) is 4.58. The lowest BCUT2D eigenvalue weighted by atomic mass is 10.0.